The van der Waals surface area contributed by atoms with Crippen molar-refractivity contribution >= 4 is 23.6 Å². The molecule has 234 valence electrons. The Morgan fingerprint density at radius 1 is 0.860 bits per heavy atom. The molecule has 43 heavy (non-hydrogen) atoms. The quantitative estimate of drug-likeness (QED) is 0.290. The number of hydrogen-bond acceptors (Lipinski definition) is 6. The Bertz CT molecular complexity index is 1190. The molecule has 2 saturated carbocycles. The zero-order chi connectivity index (χ0) is 30.2. The van der Waals surface area contributed by atoms with E-state index in [0.717, 1.165) is 51.4 Å². The summed E-state index contributed by atoms with van der Waals surface area (Å²) in [5.74, 6) is -0.0498. The number of nitrogens with one attached hydrogen (secondary N) is 4. The van der Waals surface area contributed by atoms with Crippen LogP contribution in [0.1, 0.15) is 93.8 Å². The van der Waals surface area contributed by atoms with Crippen LogP contribution in [0.4, 0.5) is 0 Å². The van der Waals surface area contributed by atoms with Gasteiger partial charge >= 0.3 is 0 Å². The number of carbonyl (C=O) groups is 4. The minimum atomic E-state index is -0.807. The molecule has 4 aliphatic rings. The summed E-state index contributed by atoms with van der Waals surface area (Å²) in [5.41, 5.74) is 0.620. The van der Waals surface area contributed by atoms with Crippen molar-refractivity contribution in [2.75, 3.05) is 19.8 Å². The van der Waals surface area contributed by atoms with Crippen LogP contribution < -0.4 is 30.7 Å². The van der Waals surface area contributed by atoms with Gasteiger partial charge in [0.25, 0.3) is 5.91 Å². The van der Waals surface area contributed by atoms with E-state index in [2.05, 4.69) is 27.8 Å². The molecule has 0 bridgehead atoms. The topological polar surface area (TPSA) is 135 Å². The van der Waals surface area contributed by atoms with E-state index in [1.54, 1.807) is 18.2 Å². The van der Waals surface area contributed by atoms with E-state index in [0.29, 0.717) is 55.6 Å². The second-order valence-corrected chi connectivity index (χ2v) is 12.5. The van der Waals surface area contributed by atoms with Crippen molar-refractivity contribution in [1.82, 2.24) is 21.3 Å². The first-order valence-electron chi connectivity index (χ1n) is 16.2. The molecule has 2 aliphatic heterocycles. The molecule has 0 radical (unpaired) electrons. The van der Waals surface area contributed by atoms with E-state index in [4.69, 9.17) is 9.47 Å². The summed E-state index contributed by atoms with van der Waals surface area (Å²) in [6.07, 6.45) is 12.0. The Labute approximate surface area is 254 Å². The van der Waals surface area contributed by atoms with Crippen LogP contribution in [0.15, 0.2) is 30.4 Å². The van der Waals surface area contributed by atoms with Crippen molar-refractivity contribution in [2.45, 2.75) is 102 Å². The first-order valence-corrected chi connectivity index (χ1v) is 16.2. The lowest BCUT2D eigenvalue weighted by molar-refractivity contribution is -0.126. The normalized spacial score (nSPS) is 22.1. The SMILES string of the molecule is C=C(C(=O)NC1CCCCC1)C(CC1CCNC1=O)NC(=O)C(CC1CCCCC1)NC(=O)c1ccc2c(c1)OCCO2. The molecule has 3 fully saturated rings. The summed E-state index contributed by atoms with van der Waals surface area (Å²) >= 11 is 0. The monoisotopic (exact) mass is 594 g/mol. The molecule has 2 aliphatic carbocycles. The Morgan fingerprint density at radius 2 is 1.56 bits per heavy atom. The first-order chi connectivity index (χ1) is 20.9. The number of fused-ring (bicyclic) bond motifs is 1. The van der Waals surface area contributed by atoms with E-state index in [1.165, 1.54) is 12.8 Å². The van der Waals surface area contributed by atoms with Crippen molar-refractivity contribution in [2.24, 2.45) is 11.8 Å². The zero-order valence-electron chi connectivity index (χ0n) is 25.1. The molecule has 1 aromatic carbocycles. The fourth-order valence-electron chi connectivity index (χ4n) is 6.81. The number of hydrogen-bond donors (Lipinski definition) is 4. The fourth-order valence-corrected chi connectivity index (χ4v) is 6.81. The van der Waals surface area contributed by atoms with Crippen LogP contribution in [-0.2, 0) is 14.4 Å². The summed E-state index contributed by atoms with van der Waals surface area (Å²) < 4.78 is 11.2. The second-order valence-electron chi connectivity index (χ2n) is 12.5. The Kier molecular flexibility index (Phi) is 10.6. The maximum atomic E-state index is 14.0. The molecular formula is C33H46N4O6. The highest BCUT2D eigenvalue weighted by molar-refractivity contribution is 5.99. The molecule has 1 aromatic rings. The molecule has 4 amide bonds. The van der Waals surface area contributed by atoms with Crippen molar-refractivity contribution in [3.8, 4) is 11.5 Å². The minimum Gasteiger partial charge on any atom is -0.486 e. The van der Waals surface area contributed by atoms with E-state index in [9.17, 15) is 19.2 Å². The van der Waals surface area contributed by atoms with Gasteiger partial charge in [0.05, 0.1) is 6.04 Å². The van der Waals surface area contributed by atoms with Gasteiger partial charge in [0, 0.05) is 29.6 Å². The summed E-state index contributed by atoms with van der Waals surface area (Å²) in [6, 6.07) is 3.56. The summed E-state index contributed by atoms with van der Waals surface area (Å²) in [7, 11) is 0. The largest absolute Gasteiger partial charge is 0.486 e. The molecule has 10 nitrogen and oxygen atoms in total. The molecule has 3 atom stereocenters. The number of benzene rings is 1. The van der Waals surface area contributed by atoms with Crippen LogP contribution in [0.25, 0.3) is 0 Å². The van der Waals surface area contributed by atoms with Crippen molar-refractivity contribution in [1.29, 1.82) is 0 Å². The average Bonchev–Trinajstić information content (AvgIpc) is 3.44. The van der Waals surface area contributed by atoms with Crippen LogP contribution >= 0.6 is 0 Å². The number of rotatable bonds is 11. The number of ether oxygens (including phenoxy) is 2. The van der Waals surface area contributed by atoms with Crippen LogP contribution in [0, 0.1) is 11.8 Å². The van der Waals surface area contributed by atoms with Gasteiger partial charge in [-0.3, -0.25) is 19.2 Å². The Balaban J connectivity index is 1.31. The average molecular weight is 595 g/mol. The fraction of sp³-hybridized carbons (Fsp3) is 0.636. The van der Waals surface area contributed by atoms with Crippen LogP contribution in [0.3, 0.4) is 0 Å². The van der Waals surface area contributed by atoms with Crippen molar-refractivity contribution in [3.05, 3.63) is 35.9 Å². The third kappa shape index (κ3) is 8.30. The van der Waals surface area contributed by atoms with E-state index in [-0.39, 0.29) is 47.6 Å². The molecular weight excluding hydrogens is 548 g/mol. The maximum Gasteiger partial charge on any atom is 0.252 e. The van der Waals surface area contributed by atoms with Crippen LogP contribution in [0.2, 0.25) is 0 Å². The molecule has 5 rings (SSSR count). The summed E-state index contributed by atoms with van der Waals surface area (Å²) in [4.78, 5) is 53.2. The van der Waals surface area contributed by atoms with Crippen LogP contribution in [-0.4, -0.2) is 61.5 Å². The first kappa shape index (κ1) is 30.9. The van der Waals surface area contributed by atoms with Gasteiger partial charge in [-0.25, -0.2) is 0 Å². The lowest BCUT2D eigenvalue weighted by Crippen LogP contribution is -2.52. The molecule has 0 aromatic heterocycles. The molecule has 2 heterocycles. The van der Waals surface area contributed by atoms with E-state index >= 15 is 0 Å². The number of carbonyl (C=O) groups excluding carboxylic acids is 4. The van der Waals surface area contributed by atoms with Gasteiger partial charge in [-0.05, 0) is 56.2 Å². The highest BCUT2D eigenvalue weighted by atomic mass is 16.6. The second kappa shape index (κ2) is 14.8. The highest BCUT2D eigenvalue weighted by Gasteiger charge is 2.34. The standard InChI is InChI=1S/C33H46N4O6/c1-21(30(38)35-25-10-6-3-7-11-25)26(19-24-14-15-34-31(24)39)36-33(41)27(18-22-8-4-2-5-9-22)37-32(40)23-12-13-28-29(20-23)43-17-16-42-28/h12-13,20,22,24-27H,1-11,14-19H2,(H,34,39)(H,35,38)(H,36,41)(H,37,40). The molecule has 0 spiro atoms. The van der Waals surface area contributed by atoms with Gasteiger partial charge in [-0.2, -0.15) is 0 Å². The third-order valence-corrected chi connectivity index (χ3v) is 9.37. The smallest absolute Gasteiger partial charge is 0.252 e. The predicted molar refractivity (Wildman–Crippen MR) is 162 cm³/mol. The maximum absolute atomic E-state index is 14.0. The Morgan fingerprint density at radius 3 is 2.26 bits per heavy atom. The Hall–Kier alpha value is -3.56. The van der Waals surface area contributed by atoms with Gasteiger partial charge in [-0.1, -0.05) is 57.9 Å². The summed E-state index contributed by atoms with van der Waals surface area (Å²) in [6.45, 7) is 5.52. The lowest BCUT2D eigenvalue weighted by Gasteiger charge is -2.30. The molecule has 4 N–H and O–H groups in total. The zero-order valence-corrected chi connectivity index (χ0v) is 25.1. The third-order valence-electron chi connectivity index (χ3n) is 9.37. The van der Waals surface area contributed by atoms with E-state index in [1.807, 2.05) is 0 Å². The van der Waals surface area contributed by atoms with Gasteiger partial charge < -0.3 is 30.7 Å². The van der Waals surface area contributed by atoms with Gasteiger partial charge in [0.1, 0.15) is 19.3 Å². The molecule has 1 saturated heterocycles. The molecule has 10 heteroatoms. The summed E-state index contributed by atoms with van der Waals surface area (Å²) in [5, 5.41) is 12.0. The van der Waals surface area contributed by atoms with Crippen molar-refractivity contribution in [3.63, 3.8) is 0 Å². The van der Waals surface area contributed by atoms with Crippen molar-refractivity contribution < 1.29 is 28.7 Å². The predicted octanol–water partition coefficient (Wildman–Crippen LogP) is 3.54. The highest BCUT2D eigenvalue weighted by Crippen LogP contribution is 2.31. The van der Waals surface area contributed by atoms with Gasteiger partial charge in [0.2, 0.25) is 17.7 Å². The van der Waals surface area contributed by atoms with Gasteiger partial charge in [0.15, 0.2) is 11.5 Å². The van der Waals surface area contributed by atoms with Gasteiger partial charge in [-0.15, -0.1) is 0 Å². The van der Waals surface area contributed by atoms with E-state index < -0.39 is 12.1 Å². The minimum absolute atomic E-state index is 0.0783. The molecule has 3 unspecified atom stereocenters. The lowest BCUT2D eigenvalue weighted by atomic mass is 9.84. The number of amides is 4. The van der Waals surface area contributed by atoms with Crippen LogP contribution in [0.5, 0.6) is 11.5 Å².